The fourth-order valence-corrected chi connectivity index (χ4v) is 3.14. The summed E-state index contributed by atoms with van der Waals surface area (Å²) >= 11 is 0. The molecule has 1 aromatic heterocycles. The summed E-state index contributed by atoms with van der Waals surface area (Å²) in [7, 11) is 0. The maximum Gasteiger partial charge on any atom is 0.259 e. The number of hydrogen-bond donors (Lipinski definition) is 3. The fraction of sp³-hybridized carbons (Fsp3) is 0.150. The van der Waals surface area contributed by atoms with Crippen LogP contribution in [-0.2, 0) is 0 Å². The quantitative estimate of drug-likeness (QED) is 0.662. The number of aromatic amines is 1. The first-order valence-corrected chi connectivity index (χ1v) is 8.59. The maximum absolute atomic E-state index is 12.3. The largest absolute Gasteiger partial charge is 0.509 e. The molecule has 0 unspecified atom stereocenters. The highest BCUT2D eigenvalue weighted by molar-refractivity contribution is 6.30. The van der Waals surface area contributed by atoms with E-state index in [2.05, 4.69) is 9.97 Å². The molecule has 0 spiro atoms. The molecule has 0 radical (unpaired) electrons. The van der Waals surface area contributed by atoms with E-state index in [-0.39, 0.29) is 35.1 Å². The van der Waals surface area contributed by atoms with Crippen molar-refractivity contribution in [2.75, 3.05) is 18.1 Å². The molecule has 1 aliphatic rings. The number of nitrogens with zero attached hydrogens (tertiary/aromatic N) is 2. The van der Waals surface area contributed by atoms with Gasteiger partial charge < -0.3 is 19.7 Å². The zero-order chi connectivity index (χ0) is 19.0. The standard InChI is InChI=1S/C20H18N4O3/c1-2-27-13-9-7-12(8-10-13)24-11-16(25)17(18(24)21)19-22-15-6-4-3-5-14(15)20(26)23-19/h3-10,21,25H,2,11H2,1H3,(H,22,23,26). The Hall–Kier alpha value is -3.61. The second kappa shape index (κ2) is 6.60. The number of aliphatic hydroxyl groups is 1. The van der Waals surface area contributed by atoms with Gasteiger partial charge in [0.15, 0.2) is 0 Å². The molecule has 0 aliphatic carbocycles. The summed E-state index contributed by atoms with van der Waals surface area (Å²) < 4.78 is 5.43. The monoisotopic (exact) mass is 362 g/mol. The predicted octanol–water partition coefficient (Wildman–Crippen LogP) is 3.09. The highest BCUT2D eigenvalue weighted by Gasteiger charge is 2.31. The van der Waals surface area contributed by atoms with Crippen LogP contribution < -0.4 is 15.2 Å². The SMILES string of the molecule is CCOc1ccc(N2CC(O)=C(c3nc4ccccc4c(=O)[nH]3)C2=N)cc1. The van der Waals surface area contributed by atoms with Crippen LogP contribution >= 0.6 is 0 Å². The third-order valence-corrected chi connectivity index (χ3v) is 4.41. The van der Waals surface area contributed by atoms with Gasteiger partial charge in [-0.05, 0) is 43.3 Å². The Morgan fingerprint density at radius 3 is 2.70 bits per heavy atom. The fourth-order valence-electron chi connectivity index (χ4n) is 3.14. The number of aromatic nitrogens is 2. The minimum absolute atomic E-state index is 0.00711. The van der Waals surface area contributed by atoms with Crippen LogP contribution in [0.4, 0.5) is 5.69 Å². The van der Waals surface area contributed by atoms with E-state index in [1.54, 1.807) is 29.2 Å². The van der Waals surface area contributed by atoms with Crippen LogP contribution in [0.3, 0.4) is 0 Å². The van der Waals surface area contributed by atoms with E-state index in [9.17, 15) is 9.90 Å². The average molecular weight is 362 g/mol. The molecule has 0 saturated heterocycles. The van der Waals surface area contributed by atoms with E-state index in [1.807, 2.05) is 31.2 Å². The van der Waals surface area contributed by atoms with Crippen molar-refractivity contribution >= 4 is 28.0 Å². The van der Waals surface area contributed by atoms with Crippen molar-refractivity contribution in [1.82, 2.24) is 9.97 Å². The topological polar surface area (TPSA) is 102 Å². The molecule has 2 aromatic carbocycles. The Balaban J connectivity index is 1.69. The van der Waals surface area contributed by atoms with Gasteiger partial charge in [-0.1, -0.05) is 12.1 Å². The Morgan fingerprint density at radius 2 is 1.96 bits per heavy atom. The van der Waals surface area contributed by atoms with Crippen LogP contribution in [0.15, 0.2) is 59.1 Å². The van der Waals surface area contributed by atoms with Crippen LogP contribution in [0.2, 0.25) is 0 Å². The van der Waals surface area contributed by atoms with Crippen molar-refractivity contribution in [3.05, 3.63) is 70.5 Å². The molecular weight excluding hydrogens is 344 g/mol. The number of benzene rings is 2. The van der Waals surface area contributed by atoms with Crippen molar-refractivity contribution < 1.29 is 9.84 Å². The number of para-hydroxylation sites is 1. The molecule has 7 nitrogen and oxygen atoms in total. The van der Waals surface area contributed by atoms with Crippen LogP contribution in [0.25, 0.3) is 16.5 Å². The minimum Gasteiger partial charge on any atom is -0.509 e. The number of nitrogens with one attached hydrogen (secondary N) is 2. The first-order chi connectivity index (χ1) is 13.1. The van der Waals surface area contributed by atoms with E-state index in [1.165, 1.54) is 0 Å². The van der Waals surface area contributed by atoms with E-state index < -0.39 is 0 Å². The molecule has 0 bridgehead atoms. The summed E-state index contributed by atoms with van der Waals surface area (Å²) in [5.74, 6) is 1.00. The second-order valence-corrected chi connectivity index (χ2v) is 6.12. The minimum atomic E-state index is -0.303. The highest BCUT2D eigenvalue weighted by atomic mass is 16.5. The molecule has 1 aliphatic heterocycles. The number of H-pyrrole nitrogens is 1. The zero-order valence-corrected chi connectivity index (χ0v) is 14.7. The van der Waals surface area contributed by atoms with Gasteiger partial charge >= 0.3 is 0 Å². The normalized spacial score (nSPS) is 14.3. The number of amidine groups is 1. The number of rotatable bonds is 4. The predicted molar refractivity (Wildman–Crippen MR) is 105 cm³/mol. The third kappa shape index (κ3) is 2.93. The molecule has 0 saturated carbocycles. The Kier molecular flexibility index (Phi) is 4.12. The van der Waals surface area contributed by atoms with Gasteiger partial charge in [-0.3, -0.25) is 10.2 Å². The van der Waals surface area contributed by atoms with Gasteiger partial charge in [-0.15, -0.1) is 0 Å². The zero-order valence-electron chi connectivity index (χ0n) is 14.7. The van der Waals surface area contributed by atoms with E-state index in [4.69, 9.17) is 10.1 Å². The van der Waals surface area contributed by atoms with Gasteiger partial charge in [0.05, 0.1) is 29.6 Å². The van der Waals surface area contributed by atoms with Gasteiger partial charge in [0, 0.05) is 5.69 Å². The molecule has 7 heteroatoms. The van der Waals surface area contributed by atoms with Gasteiger partial charge in [-0.2, -0.15) is 0 Å². The first-order valence-electron chi connectivity index (χ1n) is 8.59. The van der Waals surface area contributed by atoms with E-state index in [0.717, 1.165) is 11.4 Å². The van der Waals surface area contributed by atoms with Crippen molar-refractivity contribution in [2.45, 2.75) is 6.92 Å². The van der Waals surface area contributed by atoms with Crippen molar-refractivity contribution in [1.29, 1.82) is 5.41 Å². The third-order valence-electron chi connectivity index (χ3n) is 4.41. The molecule has 0 amide bonds. The molecule has 0 atom stereocenters. The van der Waals surface area contributed by atoms with Crippen LogP contribution in [-0.4, -0.2) is 34.1 Å². The van der Waals surface area contributed by atoms with Crippen molar-refractivity contribution in [2.24, 2.45) is 0 Å². The Labute approximate surface area is 155 Å². The summed E-state index contributed by atoms with van der Waals surface area (Å²) in [6.07, 6.45) is 0. The summed E-state index contributed by atoms with van der Waals surface area (Å²) in [6.45, 7) is 2.63. The average Bonchev–Trinajstić information content (AvgIpc) is 2.97. The lowest BCUT2D eigenvalue weighted by Gasteiger charge is -2.19. The molecule has 3 N–H and O–H groups in total. The number of hydrogen-bond acceptors (Lipinski definition) is 5. The molecular formula is C20H18N4O3. The number of aliphatic hydroxyl groups excluding tert-OH is 1. The summed E-state index contributed by atoms with van der Waals surface area (Å²) in [6, 6.07) is 14.3. The molecule has 2 heterocycles. The molecule has 27 heavy (non-hydrogen) atoms. The molecule has 3 aromatic rings. The highest BCUT2D eigenvalue weighted by Crippen LogP contribution is 2.30. The van der Waals surface area contributed by atoms with Crippen molar-refractivity contribution in [3.63, 3.8) is 0 Å². The van der Waals surface area contributed by atoms with Crippen LogP contribution in [0.1, 0.15) is 12.7 Å². The second-order valence-electron chi connectivity index (χ2n) is 6.12. The van der Waals surface area contributed by atoms with Gasteiger partial charge in [0.2, 0.25) is 0 Å². The molecule has 4 rings (SSSR count). The van der Waals surface area contributed by atoms with E-state index >= 15 is 0 Å². The van der Waals surface area contributed by atoms with Crippen molar-refractivity contribution in [3.8, 4) is 5.75 Å². The molecule has 136 valence electrons. The lowest BCUT2D eigenvalue weighted by molar-refractivity contribution is 0.340. The Morgan fingerprint density at radius 1 is 1.22 bits per heavy atom. The van der Waals surface area contributed by atoms with Gasteiger partial charge in [0.25, 0.3) is 5.56 Å². The Bertz CT molecular complexity index is 1120. The maximum atomic E-state index is 12.3. The van der Waals surface area contributed by atoms with Gasteiger partial charge in [-0.25, -0.2) is 4.98 Å². The van der Waals surface area contributed by atoms with E-state index in [0.29, 0.717) is 17.5 Å². The lowest BCUT2D eigenvalue weighted by atomic mass is 10.2. The summed E-state index contributed by atoms with van der Waals surface area (Å²) in [5, 5.41) is 19.4. The van der Waals surface area contributed by atoms with Crippen LogP contribution in [0.5, 0.6) is 5.75 Å². The number of anilines is 1. The lowest BCUT2D eigenvalue weighted by Crippen LogP contribution is -2.26. The summed E-state index contributed by atoms with van der Waals surface area (Å²) in [4.78, 5) is 21.1. The molecule has 0 fully saturated rings. The number of fused-ring (bicyclic) bond motifs is 1. The summed E-state index contributed by atoms with van der Waals surface area (Å²) in [5.41, 5.74) is 1.19. The number of ether oxygens (including phenoxy) is 1. The van der Waals surface area contributed by atoms with Gasteiger partial charge in [0.1, 0.15) is 23.2 Å². The van der Waals surface area contributed by atoms with Crippen LogP contribution in [0, 0.1) is 5.41 Å². The first kappa shape index (κ1) is 16.8. The smallest absolute Gasteiger partial charge is 0.259 e.